The maximum atomic E-state index is 6.01. The maximum absolute atomic E-state index is 6.01. The molecule has 0 spiro atoms. The molecule has 110 valence electrons. The second-order valence-corrected chi connectivity index (χ2v) is 5.25. The smallest absolute Gasteiger partial charge is 0.0909 e. The Morgan fingerprint density at radius 1 is 1.25 bits per heavy atom. The molecule has 0 amide bonds. The predicted octanol–water partition coefficient (Wildman–Crippen LogP) is 3.71. The van der Waals surface area contributed by atoms with Crippen molar-refractivity contribution in [3.05, 3.63) is 40.6 Å². The van der Waals surface area contributed by atoms with Gasteiger partial charge in [-0.1, -0.05) is 19.1 Å². The molecule has 1 aromatic rings. The van der Waals surface area contributed by atoms with Crippen LogP contribution in [0.1, 0.15) is 37.0 Å². The highest BCUT2D eigenvalue weighted by atomic mass is 15.1. The van der Waals surface area contributed by atoms with Crippen molar-refractivity contribution in [2.75, 3.05) is 13.6 Å². The fraction of sp³-hybridized carbons (Fsp3) is 0.471. The fourth-order valence-electron chi connectivity index (χ4n) is 1.99. The maximum Gasteiger partial charge on any atom is 0.0909 e. The van der Waals surface area contributed by atoms with E-state index in [-0.39, 0.29) is 0 Å². The van der Waals surface area contributed by atoms with Crippen LogP contribution in [0.4, 0.5) is 5.69 Å². The van der Waals surface area contributed by atoms with Crippen LogP contribution in [0.25, 0.3) is 0 Å². The molecule has 0 unspecified atom stereocenters. The quantitative estimate of drug-likeness (QED) is 0.634. The van der Waals surface area contributed by atoms with Crippen LogP contribution in [0.2, 0.25) is 0 Å². The van der Waals surface area contributed by atoms with Crippen molar-refractivity contribution in [1.29, 1.82) is 0 Å². The first-order valence-electron chi connectivity index (χ1n) is 7.27. The first-order valence-corrected chi connectivity index (χ1v) is 7.27. The molecule has 1 aromatic carbocycles. The van der Waals surface area contributed by atoms with Crippen LogP contribution >= 0.6 is 0 Å². The summed E-state index contributed by atoms with van der Waals surface area (Å²) in [6, 6.07) is 4.34. The molecule has 0 bridgehead atoms. The summed E-state index contributed by atoms with van der Waals surface area (Å²) in [5.41, 5.74) is 11.7. The molecular weight excluding hydrogens is 246 g/mol. The zero-order chi connectivity index (χ0) is 15.1. The average Bonchev–Trinajstić information content (AvgIpc) is 2.40. The summed E-state index contributed by atoms with van der Waals surface area (Å²) in [6.07, 6.45) is 5.76. The summed E-state index contributed by atoms with van der Waals surface area (Å²) in [7, 11) is 2.02. The first-order chi connectivity index (χ1) is 9.47. The van der Waals surface area contributed by atoms with E-state index in [1.54, 1.807) is 0 Å². The van der Waals surface area contributed by atoms with Crippen LogP contribution in [-0.4, -0.2) is 24.8 Å². The Morgan fingerprint density at radius 3 is 2.55 bits per heavy atom. The van der Waals surface area contributed by atoms with E-state index in [0.29, 0.717) is 0 Å². The van der Waals surface area contributed by atoms with Crippen molar-refractivity contribution >= 4 is 12.0 Å². The zero-order valence-electron chi connectivity index (χ0n) is 13.4. The number of aryl methyl sites for hydroxylation is 2. The number of aliphatic imine (C=N–C) groups is 1. The highest BCUT2D eigenvalue weighted by Gasteiger charge is 2.05. The largest absolute Gasteiger partial charge is 0.402 e. The Hall–Kier alpha value is -1.77. The van der Waals surface area contributed by atoms with Gasteiger partial charge >= 0.3 is 0 Å². The summed E-state index contributed by atoms with van der Waals surface area (Å²) >= 11 is 0. The van der Waals surface area contributed by atoms with Gasteiger partial charge in [-0.05, 0) is 49.9 Å². The second kappa shape index (κ2) is 7.73. The topological polar surface area (TPSA) is 41.6 Å². The third-order valence-electron chi connectivity index (χ3n) is 3.41. The van der Waals surface area contributed by atoms with E-state index >= 15 is 0 Å². The van der Waals surface area contributed by atoms with E-state index in [4.69, 9.17) is 5.73 Å². The molecule has 0 aliphatic rings. The van der Waals surface area contributed by atoms with Crippen molar-refractivity contribution in [2.45, 2.75) is 40.5 Å². The Morgan fingerprint density at radius 2 is 1.95 bits per heavy atom. The normalized spacial score (nSPS) is 12.2. The van der Waals surface area contributed by atoms with Gasteiger partial charge < -0.3 is 10.6 Å². The number of allylic oxidation sites excluding steroid dienone is 2. The van der Waals surface area contributed by atoms with Crippen molar-refractivity contribution in [3.8, 4) is 0 Å². The second-order valence-electron chi connectivity index (χ2n) is 5.25. The van der Waals surface area contributed by atoms with Gasteiger partial charge in [0.15, 0.2) is 0 Å². The Bertz CT molecular complexity index is 501. The lowest BCUT2D eigenvalue weighted by Crippen LogP contribution is -2.14. The monoisotopic (exact) mass is 273 g/mol. The molecule has 0 heterocycles. The van der Waals surface area contributed by atoms with Gasteiger partial charge in [0.2, 0.25) is 0 Å². The summed E-state index contributed by atoms with van der Waals surface area (Å²) < 4.78 is 0. The standard InChI is InChI=1S/C17H27N3/c1-6-8-16(18)11-15-9-14(4)17(10-13(15)3)19-12-20(5)7-2/h8-10,12H,6-7,11,18H2,1-5H3/b16-8-,19-12?. The predicted molar refractivity (Wildman–Crippen MR) is 88.6 cm³/mol. The Labute approximate surface area is 123 Å². The molecule has 0 atom stereocenters. The molecule has 0 aromatic heterocycles. The zero-order valence-corrected chi connectivity index (χ0v) is 13.4. The lowest BCUT2D eigenvalue weighted by atomic mass is 10.00. The number of hydrogen-bond acceptors (Lipinski definition) is 2. The molecule has 3 nitrogen and oxygen atoms in total. The highest BCUT2D eigenvalue weighted by molar-refractivity contribution is 5.64. The van der Waals surface area contributed by atoms with Gasteiger partial charge in [0.1, 0.15) is 0 Å². The third-order valence-corrected chi connectivity index (χ3v) is 3.41. The minimum atomic E-state index is 0.819. The highest BCUT2D eigenvalue weighted by Crippen LogP contribution is 2.24. The van der Waals surface area contributed by atoms with Gasteiger partial charge in [-0.2, -0.15) is 0 Å². The molecular formula is C17H27N3. The van der Waals surface area contributed by atoms with Crippen LogP contribution < -0.4 is 5.73 Å². The van der Waals surface area contributed by atoms with E-state index in [1.807, 2.05) is 13.4 Å². The van der Waals surface area contributed by atoms with Gasteiger partial charge in [-0.25, -0.2) is 4.99 Å². The molecule has 20 heavy (non-hydrogen) atoms. The number of nitrogens with zero attached hydrogens (tertiary/aromatic N) is 2. The fourth-order valence-corrected chi connectivity index (χ4v) is 1.99. The van der Waals surface area contributed by atoms with Gasteiger partial charge in [0.25, 0.3) is 0 Å². The molecule has 2 N–H and O–H groups in total. The minimum Gasteiger partial charge on any atom is -0.402 e. The summed E-state index contributed by atoms with van der Waals surface area (Å²) in [5, 5.41) is 0. The lowest BCUT2D eigenvalue weighted by Gasteiger charge is -2.12. The number of nitrogens with two attached hydrogens (primary N) is 1. The van der Waals surface area contributed by atoms with E-state index < -0.39 is 0 Å². The van der Waals surface area contributed by atoms with E-state index in [2.05, 4.69) is 55.8 Å². The van der Waals surface area contributed by atoms with Crippen molar-refractivity contribution in [1.82, 2.24) is 4.90 Å². The number of benzene rings is 1. The van der Waals surface area contributed by atoms with Crippen LogP contribution in [0, 0.1) is 13.8 Å². The molecule has 0 saturated heterocycles. The minimum absolute atomic E-state index is 0.819. The van der Waals surface area contributed by atoms with E-state index in [0.717, 1.165) is 30.8 Å². The van der Waals surface area contributed by atoms with E-state index in [1.165, 1.54) is 16.7 Å². The van der Waals surface area contributed by atoms with Crippen molar-refractivity contribution in [3.63, 3.8) is 0 Å². The molecule has 1 rings (SSSR count). The van der Waals surface area contributed by atoms with Crippen LogP contribution in [-0.2, 0) is 6.42 Å². The third kappa shape index (κ3) is 4.72. The van der Waals surface area contributed by atoms with Gasteiger partial charge in [-0.3, -0.25) is 0 Å². The molecule has 0 aliphatic carbocycles. The summed E-state index contributed by atoms with van der Waals surface area (Å²) in [6.45, 7) is 9.39. The Kier molecular flexibility index (Phi) is 6.29. The molecule has 0 radical (unpaired) electrons. The first kappa shape index (κ1) is 16.3. The van der Waals surface area contributed by atoms with Gasteiger partial charge in [0.05, 0.1) is 12.0 Å². The number of rotatable bonds is 6. The molecule has 0 aliphatic heterocycles. The van der Waals surface area contributed by atoms with Gasteiger partial charge in [-0.15, -0.1) is 0 Å². The van der Waals surface area contributed by atoms with Crippen molar-refractivity contribution in [2.24, 2.45) is 10.7 Å². The summed E-state index contributed by atoms with van der Waals surface area (Å²) in [5.74, 6) is 0. The number of hydrogen-bond donors (Lipinski definition) is 1. The van der Waals surface area contributed by atoms with Crippen LogP contribution in [0.5, 0.6) is 0 Å². The summed E-state index contributed by atoms with van der Waals surface area (Å²) in [4.78, 5) is 6.61. The molecule has 3 heteroatoms. The van der Waals surface area contributed by atoms with Crippen molar-refractivity contribution < 1.29 is 0 Å². The van der Waals surface area contributed by atoms with Crippen LogP contribution in [0.15, 0.2) is 28.9 Å². The lowest BCUT2D eigenvalue weighted by molar-refractivity contribution is 0.552. The van der Waals surface area contributed by atoms with Crippen LogP contribution in [0.3, 0.4) is 0 Å². The van der Waals surface area contributed by atoms with Gasteiger partial charge in [0, 0.05) is 25.7 Å². The molecule has 0 fully saturated rings. The average molecular weight is 273 g/mol. The molecule has 0 saturated carbocycles. The Balaban J connectivity index is 2.97. The van der Waals surface area contributed by atoms with E-state index in [9.17, 15) is 0 Å². The SMILES string of the molecule is CC/C=C(\N)Cc1cc(C)c(N=CN(C)CC)cc1C.